The molecule has 0 saturated heterocycles. The van der Waals surface area contributed by atoms with Crippen LogP contribution in [0.5, 0.6) is 0 Å². The van der Waals surface area contributed by atoms with Gasteiger partial charge < -0.3 is 4.57 Å². The number of aromatic nitrogens is 3. The monoisotopic (exact) mass is 361 g/mol. The molecule has 1 N–H and O–H groups in total. The van der Waals surface area contributed by atoms with Crippen LogP contribution in [0, 0.1) is 11.3 Å². The van der Waals surface area contributed by atoms with Gasteiger partial charge in [-0.05, 0) is 31.4 Å². The highest BCUT2D eigenvalue weighted by molar-refractivity contribution is 6.05. The van der Waals surface area contributed by atoms with E-state index in [0.717, 1.165) is 31.4 Å². The number of H-pyrrole nitrogens is 1. The van der Waals surface area contributed by atoms with Gasteiger partial charge in [0.15, 0.2) is 0 Å². The first kappa shape index (κ1) is 17.0. The molecule has 2 aromatic heterocycles. The fourth-order valence-electron chi connectivity index (χ4n) is 3.68. The number of anilines is 1. The molecule has 3 aromatic rings. The maximum Gasteiger partial charge on any atom is 0.276 e. The first-order valence-electron chi connectivity index (χ1n) is 9.00. The van der Waals surface area contributed by atoms with Crippen LogP contribution in [-0.4, -0.2) is 27.5 Å². The Morgan fingerprint density at radius 1 is 1.26 bits per heavy atom. The Hall–Kier alpha value is -3.40. The first-order chi connectivity index (χ1) is 13.1. The lowest BCUT2D eigenvalue weighted by Crippen LogP contribution is -2.30. The molecule has 1 aliphatic rings. The fourth-order valence-corrected chi connectivity index (χ4v) is 3.68. The van der Waals surface area contributed by atoms with Crippen LogP contribution >= 0.6 is 0 Å². The van der Waals surface area contributed by atoms with E-state index >= 15 is 0 Å². The first-order valence-corrected chi connectivity index (χ1v) is 9.00. The number of fused-ring (bicyclic) bond motifs is 3. The third-order valence-electron chi connectivity index (χ3n) is 5.05. The second-order valence-electron chi connectivity index (χ2n) is 6.71. The summed E-state index contributed by atoms with van der Waals surface area (Å²) in [7, 11) is 1.56. The minimum Gasteiger partial charge on any atom is -0.337 e. The van der Waals surface area contributed by atoms with Gasteiger partial charge in [0.1, 0.15) is 17.1 Å². The van der Waals surface area contributed by atoms with Gasteiger partial charge in [-0.2, -0.15) is 5.26 Å². The Labute approximate surface area is 155 Å². The van der Waals surface area contributed by atoms with E-state index in [9.17, 15) is 14.9 Å². The van der Waals surface area contributed by atoms with E-state index < -0.39 is 0 Å². The summed E-state index contributed by atoms with van der Waals surface area (Å²) in [6.07, 6.45) is 3.79. The lowest BCUT2D eigenvalue weighted by molar-refractivity contribution is 0.0991. The van der Waals surface area contributed by atoms with Gasteiger partial charge >= 0.3 is 0 Å². The molecule has 27 heavy (non-hydrogen) atoms. The number of nitrogens with one attached hydrogen (secondary N) is 1. The van der Waals surface area contributed by atoms with Gasteiger partial charge in [0, 0.05) is 24.8 Å². The molecule has 0 bridgehead atoms. The molecule has 3 heterocycles. The summed E-state index contributed by atoms with van der Waals surface area (Å²) in [4.78, 5) is 34.0. The van der Waals surface area contributed by atoms with Crippen LogP contribution in [0.3, 0.4) is 0 Å². The van der Waals surface area contributed by atoms with Gasteiger partial charge in [0.05, 0.1) is 5.56 Å². The number of carbonyl (C=O) groups excluding carboxylic acids is 1. The van der Waals surface area contributed by atoms with Crippen LogP contribution in [0.25, 0.3) is 11.0 Å². The van der Waals surface area contributed by atoms with E-state index in [1.807, 2.05) is 10.6 Å². The maximum atomic E-state index is 12.8. The van der Waals surface area contributed by atoms with Crippen molar-refractivity contribution in [1.82, 2.24) is 14.5 Å². The number of aryl methyl sites for hydroxylation is 1. The summed E-state index contributed by atoms with van der Waals surface area (Å²) < 4.78 is 1.93. The van der Waals surface area contributed by atoms with Crippen molar-refractivity contribution in [2.75, 3.05) is 11.9 Å². The number of carbonyl (C=O) groups is 1. The normalized spacial score (nSPS) is 13.6. The van der Waals surface area contributed by atoms with Crippen LogP contribution < -0.4 is 10.5 Å². The minimum absolute atomic E-state index is 0.138. The molecule has 1 aliphatic heterocycles. The van der Waals surface area contributed by atoms with Gasteiger partial charge in [-0.15, -0.1) is 0 Å². The zero-order valence-corrected chi connectivity index (χ0v) is 15.0. The third-order valence-corrected chi connectivity index (χ3v) is 5.05. The van der Waals surface area contributed by atoms with Crippen LogP contribution in [0.2, 0.25) is 0 Å². The molecule has 0 atom stereocenters. The lowest BCUT2D eigenvalue weighted by atomic mass is 10.1. The van der Waals surface area contributed by atoms with Crippen LogP contribution in [-0.2, 0) is 13.0 Å². The van der Waals surface area contributed by atoms with Gasteiger partial charge in [-0.25, -0.2) is 4.98 Å². The second kappa shape index (κ2) is 6.72. The highest BCUT2D eigenvalue weighted by atomic mass is 16.2. The number of benzene rings is 1. The van der Waals surface area contributed by atoms with Gasteiger partial charge in [0.25, 0.3) is 11.5 Å². The van der Waals surface area contributed by atoms with E-state index in [4.69, 9.17) is 0 Å². The summed E-state index contributed by atoms with van der Waals surface area (Å²) in [5.74, 6) is -0.143. The zero-order valence-electron chi connectivity index (χ0n) is 15.0. The molecule has 0 saturated carbocycles. The van der Waals surface area contributed by atoms with Crippen molar-refractivity contribution >= 4 is 22.9 Å². The summed E-state index contributed by atoms with van der Waals surface area (Å²) >= 11 is 0. The smallest absolute Gasteiger partial charge is 0.276 e. The highest BCUT2D eigenvalue weighted by Gasteiger charge is 2.24. The van der Waals surface area contributed by atoms with Gasteiger partial charge in [0.2, 0.25) is 5.95 Å². The molecule has 7 heteroatoms. The summed E-state index contributed by atoms with van der Waals surface area (Å²) in [5.41, 5.74) is 2.29. The molecule has 4 rings (SSSR count). The number of aromatic amines is 1. The third kappa shape index (κ3) is 2.79. The van der Waals surface area contributed by atoms with Crippen LogP contribution in [0.4, 0.5) is 5.95 Å². The average molecular weight is 361 g/mol. The number of nitrogens with zero attached hydrogens (tertiary/aromatic N) is 4. The molecular formula is C20H19N5O2. The predicted molar refractivity (Wildman–Crippen MR) is 102 cm³/mol. The summed E-state index contributed by atoms with van der Waals surface area (Å²) in [6.45, 7) is 0.705. The van der Waals surface area contributed by atoms with Crippen molar-refractivity contribution in [3.05, 3.63) is 57.5 Å². The van der Waals surface area contributed by atoms with Crippen LogP contribution in [0.15, 0.2) is 35.1 Å². The standard InChI is InChI=1S/C20H19N5O2/c1-24(19(27)13-8-4-2-5-9-13)20-22-16-14(12-21)15-10-6-3-7-11-25(15)17(16)18(26)23-20/h2,4-5,8-9H,3,6-7,10-11H2,1H3,(H,22,23,26). The summed E-state index contributed by atoms with van der Waals surface area (Å²) in [6, 6.07) is 11.0. The Balaban J connectivity index is 1.86. The van der Waals surface area contributed by atoms with Crippen molar-refractivity contribution < 1.29 is 4.79 Å². The average Bonchev–Trinajstić information content (AvgIpc) is 2.82. The Morgan fingerprint density at radius 3 is 2.78 bits per heavy atom. The number of nitriles is 1. The fraction of sp³-hybridized carbons (Fsp3) is 0.300. The van der Waals surface area contributed by atoms with Crippen molar-refractivity contribution in [2.24, 2.45) is 0 Å². The summed E-state index contributed by atoms with van der Waals surface area (Å²) in [5, 5.41) is 9.68. The Bertz CT molecular complexity index is 1120. The quantitative estimate of drug-likeness (QED) is 0.759. The molecule has 7 nitrogen and oxygen atoms in total. The van der Waals surface area contributed by atoms with Crippen LogP contribution in [0.1, 0.15) is 40.9 Å². The largest absolute Gasteiger partial charge is 0.337 e. The molecule has 1 aromatic carbocycles. The molecule has 0 aliphatic carbocycles. The number of amides is 1. The van der Waals surface area contributed by atoms with Gasteiger partial charge in [-0.3, -0.25) is 19.5 Å². The molecule has 0 radical (unpaired) electrons. The predicted octanol–water partition coefficient (Wildman–Crippen LogP) is 2.60. The molecule has 0 spiro atoms. The van der Waals surface area contributed by atoms with Gasteiger partial charge in [-0.1, -0.05) is 24.6 Å². The molecular weight excluding hydrogens is 342 g/mol. The molecule has 0 fully saturated rings. The molecule has 0 unspecified atom stereocenters. The Kier molecular flexibility index (Phi) is 4.24. The number of hydrogen-bond donors (Lipinski definition) is 1. The minimum atomic E-state index is -0.327. The maximum absolute atomic E-state index is 12.8. The molecule has 1 amide bonds. The van der Waals surface area contributed by atoms with E-state index in [-0.39, 0.29) is 17.4 Å². The van der Waals surface area contributed by atoms with Crippen molar-refractivity contribution in [3.8, 4) is 6.07 Å². The van der Waals surface area contributed by atoms with E-state index in [2.05, 4.69) is 16.0 Å². The highest BCUT2D eigenvalue weighted by Crippen LogP contribution is 2.27. The van der Waals surface area contributed by atoms with E-state index in [1.165, 1.54) is 4.90 Å². The SMILES string of the molecule is CN(C(=O)c1ccccc1)c1nc2c(C#N)c3n(c2c(=O)[nH]1)CCCCC3. The number of hydrogen-bond acceptors (Lipinski definition) is 4. The second-order valence-corrected chi connectivity index (χ2v) is 6.71. The van der Waals surface area contributed by atoms with Crippen molar-refractivity contribution in [2.45, 2.75) is 32.2 Å². The van der Waals surface area contributed by atoms with Crippen molar-refractivity contribution in [1.29, 1.82) is 5.26 Å². The van der Waals surface area contributed by atoms with E-state index in [1.54, 1.807) is 31.3 Å². The Morgan fingerprint density at radius 2 is 2.04 bits per heavy atom. The number of rotatable bonds is 2. The topological polar surface area (TPSA) is 94.8 Å². The van der Waals surface area contributed by atoms with Crippen molar-refractivity contribution in [3.63, 3.8) is 0 Å². The van der Waals surface area contributed by atoms with E-state index in [0.29, 0.717) is 28.7 Å². The molecule has 136 valence electrons. The lowest BCUT2D eigenvalue weighted by Gasteiger charge is -2.16. The zero-order chi connectivity index (χ0) is 19.0.